The largest absolute Gasteiger partial charge is 0.497 e. The molecule has 3 aromatic carbocycles. The molecule has 1 heterocycles. The van der Waals surface area contributed by atoms with Crippen LogP contribution >= 0.6 is 23.2 Å². The summed E-state index contributed by atoms with van der Waals surface area (Å²) in [4.78, 5) is 32.7. The molecule has 38 heavy (non-hydrogen) atoms. The van der Waals surface area contributed by atoms with Crippen molar-refractivity contribution in [2.45, 2.75) is 13.8 Å². The van der Waals surface area contributed by atoms with Gasteiger partial charge >= 0.3 is 0 Å². The van der Waals surface area contributed by atoms with Crippen LogP contribution < -0.4 is 10.1 Å². The Morgan fingerprint density at radius 1 is 0.947 bits per heavy atom. The average Bonchev–Trinajstić information content (AvgIpc) is 3.32. The summed E-state index contributed by atoms with van der Waals surface area (Å²) in [5.74, 6) is 0.592. The molecule has 1 aromatic heterocycles. The van der Waals surface area contributed by atoms with Gasteiger partial charge in [-0.05, 0) is 66.6 Å². The molecule has 0 fully saturated rings. The van der Waals surface area contributed by atoms with Crippen LogP contribution in [0, 0.1) is 5.92 Å². The van der Waals surface area contributed by atoms with Crippen molar-refractivity contribution in [3.63, 3.8) is 0 Å². The second-order valence-electron chi connectivity index (χ2n) is 9.16. The predicted molar refractivity (Wildman–Crippen MR) is 151 cm³/mol. The molecule has 0 spiro atoms. The van der Waals surface area contributed by atoms with E-state index in [1.807, 2.05) is 56.4 Å². The van der Waals surface area contributed by atoms with Gasteiger partial charge in [0.05, 0.1) is 12.8 Å². The third-order valence-corrected chi connectivity index (χ3v) is 6.25. The normalized spacial score (nSPS) is 10.9. The first-order chi connectivity index (χ1) is 18.2. The van der Waals surface area contributed by atoms with Crippen molar-refractivity contribution in [1.29, 1.82) is 0 Å². The quantitative estimate of drug-likeness (QED) is 0.255. The molecule has 0 bridgehead atoms. The van der Waals surface area contributed by atoms with Gasteiger partial charge in [-0.1, -0.05) is 49.2 Å². The molecule has 7 nitrogen and oxygen atoms in total. The van der Waals surface area contributed by atoms with Gasteiger partial charge in [-0.2, -0.15) is 0 Å². The number of methoxy groups -OCH3 is 1. The van der Waals surface area contributed by atoms with Gasteiger partial charge in [0.2, 0.25) is 11.9 Å². The van der Waals surface area contributed by atoms with E-state index in [-0.39, 0.29) is 24.3 Å². The first-order valence-electron chi connectivity index (χ1n) is 12.1. The minimum Gasteiger partial charge on any atom is -0.497 e. The molecule has 0 aliphatic rings. The molecule has 0 radical (unpaired) electrons. The van der Waals surface area contributed by atoms with Gasteiger partial charge in [-0.15, -0.1) is 0 Å². The highest BCUT2D eigenvalue weighted by molar-refractivity contribution is 6.31. The Labute approximate surface area is 232 Å². The number of ether oxygens (including phenoxy) is 1. The van der Waals surface area contributed by atoms with Crippen LogP contribution in [0.1, 0.15) is 24.2 Å². The van der Waals surface area contributed by atoms with Gasteiger partial charge in [-0.3, -0.25) is 19.5 Å². The summed E-state index contributed by atoms with van der Waals surface area (Å²) >= 11 is 12.0. The molecule has 0 unspecified atom stereocenters. The lowest BCUT2D eigenvalue weighted by molar-refractivity contribution is -0.117. The van der Waals surface area contributed by atoms with Gasteiger partial charge in [0.15, 0.2) is 0 Å². The molecule has 2 amide bonds. The molecule has 1 N–H and O–H groups in total. The van der Waals surface area contributed by atoms with E-state index >= 15 is 0 Å². The lowest BCUT2D eigenvalue weighted by Crippen LogP contribution is -2.40. The Bertz CT molecular complexity index is 1400. The number of anilines is 1. The van der Waals surface area contributed by atoms with Crippen LogP contribution in [0.4, 0.5) is 5.95 Å². The van der Waals surface area contributed by atoms with Crippen molar-refractivity contribution in [3.05, 3.63) is 94.6 Å². The number of carbonyl (C=O) groups is 2. The zero-order valence-corrected chi connectivity index (χ0v) is 22.8. The van der Waals surface area contributed by atoms with Crippen molar-refractivity contribution < 1.29 is 14.3 Å². The molecular formula is C29H28Cl2N4O3. The van der Waals surface area contributed by atoms with Gasteiger partial charge in [0.1, 0.15) is 12.3 Å². The van der Waals surface area contributed by atoms with E-state index in [0.717, 1.165) is 11.3 Å². The number of imidazole rings is 1. The van der Waals surface area contributed by atoms with Crippen molar-refractivity contribution in [3.8, 4) is 22.7 Å². The first kappa shape index (κ1) is 27.2. The molecule has 0 aliphatic carbocycles. The molecule has 0 saturated heterocycles. The number of rotatable bonds is 9. The fraction of sp³-hybridized carbons (Fsp3) is 0.207. The summed E-state index contributed by atoms with van der Waals surface area (Å²) in [5, 5.41) is 4.06. The minimum atomic E-state index is -0.365. The number of amides is 2. The number of benzene rings is 3. The van der Waals surface area contributed by atoms with Crippen molar-refractivity contribution in [1.82, 2.24) is 14.5 Å². The maximum absolute atomic E-state index is 13.3. The number of carbonyl (C=O) groups excluding carboxylic acids is 2. The lowest BCUT2D eigenvalue weighted by atomic mass is 10.1. The van der Waals surface area contributed by atoms with E-state index in [2.05, 4.69) is 10.3 Å². The number of hydrogen-bond acceptors (Lipinski definition) is 4. The van der Waals surface area contributed by atoms with Crippen LogP contribution in [0.25, 0.3) is 16.9 Å². The average molecular weight is 551 g/mol. The highest BCUT2D eigenvalue weighted by Crippen LogP contribution is 2.26. The van der Waals surface area contributed by atoms with Crippen molar-refractivity contribution in [2.24, 2.45) is 5.92 Å². The van der Waals surface area contributed by atoms with Crippen molar-refractivity contribution >= 4 is 41.0 Å². The highest BCUT2D eigenvalue weighted by atomic mass is 35.5. The Morgan fingerprint density at radius 3 is 2.13 bits per heavy atom. The van der Waals surface area contributed by atoms with Gasteiger partial charge in [0.25, 0.3) is 5.91 Å². The summed E-state index contributed by atoms with van der Waals surface area (Å²) in [6.07, 6.45) is 1.84. The van der Waals surface area contributed by atoms with Gasteiger partial charge < -0.3 is 9.64 Å². The number of nitrogens with zero attached hydrogens (tertiary/aromatic N) is 3. The van der Waals surface area contributed by atoms with Gasteiger partial charge in [0, 0.05) is 39.6 Å². The van der Waals surface area contributed by atoms with E-state index in [1.54, 1.807) is 48.1 Å². The first-order valence-corrected chi connectivity index (χ1v) is 12.8. The topological polar surface area (TPSA) is 76.5 Å². The number of halogens is 2. The number of aromatic nitrogens is 2. The van der Waals surface area contributed by atoms with Crippen LogP contribution in [-0.4, -0.2) is 46.5 Å². The fourth-order valence-electron chi connectivity index (χ4n) is 3.94. The molecule has 0 aliphatic heterocycles. The summed E-state index contributed by atoms with van der Waals surface area (Å²) in [6.45, 7) is 4.27. The van der Waals surface area contributed by atoms with E-state index in [9.17, 15) is 9.59 Å². The summed E-state index contributed by atoms with van der Waals surface area (Å²) in [7, 11) is 1.60. The fourth-order valence-corrected chi connectivity index (χ4v) is 4.19. The summed E-state index contributed by atoms with van der Waals surface area (Å²) in [6, 6.07) is 21.3. The van der Waals surface area contributed by atoms with E-state index in [1.165, 1.54) is 4.90 Å². The number of hydrogen-bond donors (Lipinski definition) is 1. The second kappa shape index (κ2) is 12.2. The summed E-state index contributed by atoms with van der Waals surface area (Å²) in [5.41, 5.74) is 2.75. The molecule has 4 aromatic rings. The highest BCUT2D eigenvalue weighted by Gasteiger charge is 2.22. The predicted octanol–water partition coefficient (Wildman–Crippen LogP) is 6.59. The zero-order valence-electron chi connectivity index (χ0n) is 21.3. The Balaban J connectivity index is 1.62. The molecular weight excluding hydrogens is 523 g/mol. The summed E-state index contributed by atoms with van der Waals surface area (Å²) < 4.78 is 7.06. The molecule has 4 rings (SSSR count). The molecule has 196 valence electrons. The van der Waals surface area contributed by atoms with Crippen LogP contribution in [0.5, 0.6) is 5.75 Å². The van der Waals surface area contributed by atoms with E-state index in [0.29, 0.717) is 39.5 Å². The third kappa shape index (κ3) is 6.73. The van der Waals surface area contributed by atoms with Crippen molar-refractivity contribution in [2.75, 3.05) is 25.5 Å². The standard InChI is InChI=1S/C29H28Cl2N4O3/c1-19(2)16-34(28(37)21-6-10-23(31)11-7-21)18-27(36)33-29-32-26(20-4-8-22(30)9-5-20)17-35(29)24-12-14-25(38-3)15-13-24/h4-15,17,19H,16,18H2,1-3H3,(H,32,33,36). The number of nitrogens with one attached hydrogen (secondary N) is 1. The van der Waals surface area contributed by atoms with E-state index in [4.69, 9.17) is 27.9 Å². The molecule has 0 saturated carbocycles. The minimum absolute atomic E-state index is 0.134. The van der Waals surface area contributed by atoms with Crippen LogP contribution in [0.15, 0.2) is 79.0 Å². The lowest BCUT2D eigenvalue weighted by Gasteiger charge is -2.24. The van der Waals surface area contributed by atoms with Gasteiger partial charge in [-0.25, -0.2) is 4.98 Å². The van der Waals surface area contributed by atoms with Crippen LogP contribution in [0.3, 0.4) is 0 Å². The van der Waals surface area contributed by atoms with Crippen LogP contribution in [-0.2, 0) is 4.79 Å². The smallest absolute Gasteiger partial charge is 0.254 e. The third-order valence-electron chi connectivity index (χ3n) is 5.75. The SMILES string of the molecule is COc1ccc(-n2cc(-c3ccc(Cl)cc3)nc2NC(=O)CN(CC(C)C)C(=O)c2ccc(Cl)cc2)cc1. The zero-order chi connectivity index (χ0) is 27.2. The Morgan fingerprint density at radius 2 is 1.55 bits per heavy atom. The Kier molecular flexibility index (Phi) is 8.71. The van der Waals surface area contributed by atoms with E-state index < -0.39 is 0 Å². The molecule has 9 heteroatoms. The molecule has 0 atom stereocenters. The monoisotopic (exact) mass is 550 g/mol. The van der Waals surface area contributed by atoms with Crippen LogP contribution in [0.2, 0.25) is 10.0 Å². The maximum atomic E-state index is 13.3. The second-order valence-corrected chi connectivity index (χ2v) is 10.0. The maximum Gasteiger partial charge on any atom is 0.254 e. The Hall–Kier alpha value is -3.81.